The minimum absolute atomic E-state index is 0.230. The summed E-state index contributed by atoms with van der Waals surface area (Å²) in [6.45, 7) is 8.91. The van der Waals surface area contributed by atoms with E-state index in [0.717, 1.165) is 28.0 Å². The summed E-state index contributed by atoms with van der Waals surface area (Å²) in [5, 5.41) is 1.02. The Hall–Kier alpha value is -1.69. The maximum absolute atomic E-state index is 6.22. The minimum atomic E-state index is -0.366. The molecule has 5 heteroatoms. The zero-order valence-corrected chi connectivity index (χ0v) is 16.1. The molecule has 0 unspecified atom stereocenters. The van der Waals surface area contributed by atoms with Gasteiger partial charge < -0.3 is 9.31 Å². The number of para-hydroxylation sites is 1. The number of thiazole rings is 1. The van der Waals surface area contributed by atoms with E-state index in [4.69, 9.17) is 14.3 Å². The lowest BCUT2D eigenvalue weighted by Gasteiger charge is -2.28. The highest BCUT2D eigenvalue weighted by atomic mass is 32.1. The van der Waals surface area contributed by atoms with Crippen molar-refractivity contribution in [2.24, 2.45) is 0 Å². The molecule has 0 N–H and O–H groups in total. The minimum Gasteiger partial charge on any atom is -0.408 e. The van der Waals surface area contributed by atoms with Gasteiger partial charge in [-0.2, -0.15) is 0 Å². The van der Waals surface area contributed by atoms with Crippen molar-refractivity contribution in [1.82, 2.24) is 4.98 Å². The van der Waals surface area contributed by atoms with Crippen LogP contribution in [0.1, 0.15) is 34.1 Å². The van der Waals surface area contributed by atoms with Crippen LogP contribution in [0.25, 0.3) is 20.8 Å². The van der Waals surface area contributed by atoms with Crippen LogP contribution in [0.5, 0.6) is 0 Å². The molecule has 130 valence electrons. The van der Waals surface area contributed by atoms with E-state index in [0.29, 0.717) is 6.61 Å². The predicted octanol–water partition coefficient (Wildman–Crippen LogP) is 4.90. The zero-order valence-electron chi connectivity index (χ0n) is 15.3. The molecule has 0 spiro atoms. The Morgan fingerprint density at radius 1 is 1.08 bits per heavy atom. The molecule has 0 saturated heterocycles. The summed E-state index contributed by atoms with van der Waals surface area (Å²) in [4.78, 5) is 4.76. The van der Waals surface area contributed by atoms with Crippen molar-refractivity contribution in [2.75, 3.05) is 6.61 Å². The highest BCUT2D eigenvalue weighted by Gasteiger charge is 2.29. The summed E-state index contributed by atoms with van der Waals surface area (Å²) in [7, 11) is -0.366. The normalized spacial score (nSPS) is 11.8. The second-order valence-corrected chi connectivity index (χ2v) is 7.66. The molecule has 0 saturated carbocycles. The van der Waals surface area contributed by atoms with Gasteiger partial charge in [-0.3, -0.25) is 0 Å². The maximum Gasteiger partial charge on any atom is 0.494 e. The van der Waals surface area contributed by atoms with E-state index in [2.05, 4.69) is 51.1 Å². The van der Waals surface area contributed by atoms with Crippen molar-refractivity contribution >= 4 is 34.1 Å². The molecule has 0 bridgehead atoms. The van der Waals surface area contributed by atoms with E-state index in [1.807, 2.05) is 25.1 Å². The summed E-state index contributed by atoms with van der Waals surface area (Å²) in [6.07, 6.45) is 0.925. The Kier molecular flexibility index (Phi) is 5.57. The third-order valence-corrected chi connectivity index (χ3v) is 5.38. The Morgan fingerprint density at radius 3 is 2.60 bits per heavy atom. The molecular formula is C20H24BNO2S. The van der Waals surface area contributed by atoms with Crippen LogP contribution in [0.15, 0.2) is 48.5 Å². The van der Waals surface area contributed by atoms with E-state index in [-0.39, 0.29) is 12.7 Å². The van der Waals surface area contributed by atoms with Gasteiger partial charge in [0.25, 0.3) is 0 Å². The Morgan fingerprint density at radius 2 is 1.88 bits per heavy atom. The first-order valence-corrected chi connectivity index (χ1v) is 9.59. The van der Waals surface area contributed by atoms with Crippen LogP contribution in [0.3, 0.4) is 0 Å². The number of hydrogen-bond donors (Lipinski definition) is 0. The van der Waals surface area contributed by atoms with Gasteiger partial charge in [-0.15, -0.1) is 11.3 Å². The van der Waals surface area contributed by atoms with Crippen molar-refractivity contribution in [3.05, 3.63) is 48.5 Å². The smallest absolute Gasteiger partial charge is 0.408 e. The molecule has 0 aliphatic rings. The fourth-order valence-electron chi connectivity index (χ4n) is 2.54. The lowest BCUT2D eigenvalue weighted by Crippen LogP contribution is -2.43. The van der Waals surface area contributed by atoms with E-state index < -0.39 is 0 Å². The van der Waals surface area contributed by atoms with Crippen LogP contribution in [0.4, 0.5) is 0 Å². The van der Waals surface area contributed by atoms with Crippen LogP contribution in [0, 0.1) is 0 Å². The summed E-state index contributed by atoms with van der Waals surface area (Å²) in [6, 6.07) is 16.6. The molecule has 3 nitrogen and oxygen atoms in total. The van der Waals surface area contributed by atoms with Gasteiger partial charge in [0.2, 0.25) is 0 Å². The highest BCUT2D eigenvalue weighted by Crippen LogP contribution is 2.29. The van der Waals surface area contributed by atoms with Crippen LogP contribution in [0.2, 0.25) is 0 Å². The number of nitrogens with zero attached hydrogens (tertiary/aromatic N) is 1. The molecule has 0 fully saturated rings. The molecule has 3 aromatic rings. The fourth-order valence-corrected chi connectivity index (χ4v) is 3.50. The van der Waals surface area contributed by atoms with Crippen molar-refractivity contribution in [3.63, 3.8) is 0 Å². The van der Waals surface area contributed by atoms with Gasteiger partial charge in [-0.25, -0.2) is 4.98 Å². The molecule has 1 aromatic heterocycles. The van der Waals surface area contributed by atoms with Crippen LogP contribution in [-0.4, -0.2) is 24.3 Å². The van der Waals surface area contributed by atoms with E-state index in [1.165, 1.54) is 4.70 Å². The summed E-state index contributed by atoms with van der Waals surface area (Å²) in [5.74, 6) is 0. The summed E-state index contributed by atoms with van der Waals surface area (Å²) < 4.78 is 13.3. The Labute approximate surface area is 154 Å². The van der Waals surface area contributed by atoms with Crippen molar-refractivity contribution in [2.45, 2.75) is 39.7 Å². The standard InChI is InChI=1S/C20H24BNO2S/c1-5-20(3,4)24-21(23-6-2)16-11-9-10-15(14-16)19-22-17-12-7-8-13-18(17)25-19/h7-14H,5-6H2,1-4H3. The van der Waals surface area contributed by atoms with Crippen LogP contribution >= 0.6 is 11.3 Å². The Bertz CT molecular complexity index is 813. The van der Waals surface area contributed by atoms with Gasteiger partial charge in [0, 0.05) is 17.8 Å². The van der Waals surface area contributed by atoms with Crippen molar-refractivity contribution in [1.29, 1.82) is 0 Å². The topological polar surface area (TPSA) is 31.4 Å². The van der Waals surface area contributed by atoms with Crippen LogP contribution < -0.4 is 5.46 Å². The largest absolute Gasteiger partial charge is 0.494 e. The highest BCUT2D eigenvalue weighted by molar-refractivity contribution is 7.21. The number of aromatic nitrogens is 1. The molecule has 3 rings (SSSR count). The van der Waals surface area contributed by atoms with E-state index in [9.17, 15) is 0 Å². The number of benzene rings is 2. The summed E-state index contributed by atoms with van der Waals surface area (Å²) >= 11 is 1.71. The van der Waals surface area contributed by atoms with Gasteiger partial charge in [-0.05, 0) is 44.8 Å². The molecule has 2 aromatic carbocycles. The first kappa shape index (κ1) is 18.1. The maximum atomic E-state index is 6.22. The van der Waals surface area contributed by atoms with Crippen molar-refractivity contribution in [3.8, 4) is 10.6 Å². The third kappa shape index (κ3) is 4.29. The molecule has 0 aliphatic carbocycles. The van der Waals surface area contributed by atoms with Crippen LogP contribution in [-0.2, 0) is 9.31 Å². The number of rotatable bonds is 7. The quantitative estimate of drug-likeness (QED) is 0.566. The van der Waals surface area contributed by atoms with E-state index >= 15 is 0 Å². The first-order chi connectivity index (χ1) is 12.0. The molecule has 25 heavy (non-hydrogen) atoms. The SMILES string of the molecule is CCOB(OC(C)(C)CC)c1cccc(-c2nc3ccccc3s2)c1. The van der Waals surface area contributed by atoms with Gasteiger partial charge in [-0.1, -0.05) is 43.3 Å². The van der Waals surface area contributed by atoms with Gasteiger partial charge in [0.1, 0.15) is 5.01 Å². The van der Waals surface area contributed by atoms with E-state index in [1.54, 1.807) is 11.3 Å². The molecular weight excluding hydrogens is 329 g/mol. The molecule has 0 amide bonds. The molecule has 1 heterocycles. The summed E-state index contributed by atoms with van der Waals surface area (Å²) in [5.41, 5.74) is 2.94. The average molecular weight is 353 g/mol. The van der Waals surface area contributed by atoms with Gasteiger partial charge in [0.15, 0.2) is 0 Å². The fraction of sp³-hybridized carbons (Fsp3) is 0.350. The lowest BCUT2D eigenvalue weighted by molar-refractivity contribution is 0.0706. The number of fused-ring (bicyclic) bond motifs is 1. The number of hydrogen-bond acceptors (Lipinski definition) is 4. The Balaban J connectivity index is 1.93. The second-order valence-electron chi connectivity index (χ2n) is 6.63. The average Bonchev–Trinajstić information content (AvgIpc) is 3.05. The first-order valence-electron chi connectivity index (χ1n) is 8.77. The molecule has 0 atom stereocenters. The van der Waals surface area contributed by atoms with Crippen molar-refractivity contribution < 1.29 is 9.31 Å². The van der Waals surface area contributed by atoms with Gasteiger partial charge >= 0.3 is 7.12 Å². The lowest BCUT2D eigenvalue weighted by atomic mass is 9.77. The monoisotopic (exact) mass is 353 g/mol. The third-order valence-electron chi connectivity index (χ3n) is 4.30. The van der Waals surface area contributed by atoms with Gasteiger partial charge in [0.05, 0.1) is 10.2 Å². The predicted molar refractivity (Wildman–Crippen MR) is 108 cm³/mol. The molecule has 0 radical (unpaired) electrons. The second kappa shape index (κ2) is 7.69. The molecule has 0 aliphatic heterocycles. The zero-order chi connectivity index (χ0) is 17.9.